The van der Waals surface area contributed by atoms with E-state index in [1.807, 2.05) is 43.3 Å². The van der Waals surface area contributed by atoms with Crippen LogP contribution >= 0.6 is 0 Å². The molecule has 33 heavy (non-hydrogen) atoms. The lowest BCUT2D eigenvalue weighted by molar-refractivity contribution is -0.122. The Kier molecular flexibility index (Phi) is 9.33. The first kappa shape index (κ1) is 23.9. The number of hydrogen-bond donors (Lipinski definition) is 3. The van der Waals surface area contributed by atoms with Crippen LogP contribution in [0.5, 0.6) is 5.75 Å². The fourth-order valence-electron chi connectivity index (χ4n) is 3.55. The average Bonchev–Trinajstić information content (AvgIpc) is 2.86. The van der Waals surface area contributed by atoms with E-state index in [-0.39, 0.29) is 18.4 Å². The van der Waals surface area contributed by atoms with Gasteiger partial charge in [-0.25, -0.2) is 0 Å². The normalized spacial score (nSPS) is 11.2. The van der Waals surface area contributed by atoms with Gasteiger partial charge in [0.05, 0.1) is 0 Å². The van der Waals surface area contributed by atoms with Crippen LogP contribution in [0.2, 0.25) is 0 Å². The SMILES string of the molecule is CCNC(=O)COc1cccc(CNC(=NC)NCC(c2ccccc2)c2ccccc2)c1. The Morgan fingerprint density at radius 3 is 2.15 bits per heavy atom. The predicted molar refractivity (Wildman–Crippen MR) is 134 cm³/mol. The van der Waals surface area contributed by atoms with Crippen molar-refractivity contribution in [3.63, 3.8) is 0 Å². The molecule has 0 fully saturated rings. The molecule has 0 aliphatic carbocycles. The van der Waals surface area contributed by atoms with Gasteiger partial charge in [0.1, 0.15) is 5.75 Å². The van der Waals surface area contributed by atoms with Crippen molar-refractivity contribution in [2.45, 2.75) is 19.4 Å². The first-order valence-electron chi connectivity index (χ1n) is 11.2. The number of ether oxygens (including phenoxy) is 1. The van der Waals surface area contributed by atoms with E-state index in [4.69, 9.17) is 4.74 Å². The smallest absolute Gasteiger partial charge is 0.257 e. The third-order valence-electron chi connectivity index (χ3n) is 5.20. The number of amides is 1. The Bertz CT molecular complexity index is 983. The fraction of sp³-hybridized carbons (Fsp3) is 0.259. The zero-order valence-corrected chi connectivity index (χ0v) is 19.3. The average molecular weight is 445 g/mol. The number of hydrogen-bond acceptors (Lipinski definition) is 3. The van der Waals surface area contributed by atoms with Gasteiger partial charge < -0.3 is 20.7 Å². The molecule has 0 aliphatic heterocycles. The highest BCUT2D eigenvalue weighted by atomic mass is 16.5. The molecule has 0 aromatic heterocycles. The molecule has 0 heterocycles. The molecule has 172 valence electrons. The number of carbonyl (C=O) groups is 1. The van der Waals surface area contributed by atoms with Crippen LogP contribution in [0.15, 0.2) is 89.9 Å². The van der Waals surface area contributed by atoms with Crippen LogP contribution < -0.4 is 20.7 Å². The number of carbonyl (C=O) groups excluding carboxylic acids is 1. The van der Waals surface area contributed by atoms with Crippen LogP contribution in [-0.4, -0.2) is 38.6 Å². The highest BCUT2D eigenvalue weighted by Crippen LogP contribution is 2.23. The van der Waals surface area contributed by atoms with Gasteiger partial charge in [0.2, 0.25) is 0 Å². The topological polar surface area (TPSA) is 74.8 Å². The summed E-state index contributed by atoms with van der Waals surface area (Å²) in [4.78, 5) is 16.0. The van der Waals surface area contributed by atoms with Crippen LogP contribution in [0, 0.1) is 0 Å². The second kappa shape index (κ2) is 12.9. The van der Waals surface area contributed by atoms with Gasteiger partial charge in [0, 0.05) is 32.6 Å². The van der Waals surface area contributed by atoms with Crippen molar-refractivity contribution in [2.24, 2.45) is 4.99 Å². The summed E-state index contributed by atoms with van der Waals surface area (Å²) < 4.78 is 5.59. The number of aliphatic imine (C=N–C) groups is 1. The number of guanidine groups is 1. The number of likely N-dealkylation sites (N-methyl/N-ethyl adjacent to an activating group) is 1. The molecule has 0 radical (unpaired) electrons. The maximum atomic E-state index is 11.6. The van der Waals surface area contributed by atoms with E-state index in [1.165, 1.54) is 11.1 Å². The summed E-state index contributed by atoms with van der Waals surface area (Å²) in [5.41, 5.74) is 3.54. The molecule has 3 aromatic carbocycles. The molecule has 0 saturated carbocycles. The molecule has 0 saturated heterocycles. The van der Waals surface area contributed by atoms with Gasteiger partial charge in [-0.15, -0.1) is 0 Å². The lowest BCUT2D eigenvalue weighted by Gasteiger charge is -2.20. The summed E-state index contributed by atoms with van der Waals surface area (Å²) in [5.74, 6) is 1.46. The van der Waals surface area contributed by atoms with Crippen molar-refractivity contribution in [1.29, 1.82) is 0 Å². The summed E-state index contributed by atoms with van der Waals surface area (Å²) in [5, 5.41) is 9.55. The van der Waals surface area contributed by atoms with Gasteiger partial charge in [-0.2, -0.15) is 0 Å². The van der Waals surface area contributed by atoms with E-state index < -0.39 is 0 Å². The summed E-state index contributed by atoms with van der Waals surface area (Å²) in [6.07, 6.45) is 0. The van der Waals surface area contributed by atoms with Gasteiger partial charge in [0.15, 0.2) is 12.6 Å². The molecule has 0 unspecified atom stereocenters. The van der Waals surface area contributed by atoms with Crippen molar-refractivity contribution < 1.29 is 9.53 Å². The maximum absolute atomic E-state index is 11.6. The highest BCUT2D eigenvalue weighted by molar-refractivity contribution is 5.79. The Balaban J connectivity index is 1.58. The highest BCUT2D eigenvalue weighted by Gasteiger charge is 2.14. The quantitative estimate of drug-likeness (QED) is 0.329. The van der Waals surface area contributed by atoms with Gasteiger partial charge >= 0.3 is 0 Å². The molecule has 1 amide bonds. The van der Waals surface area contributed by atoms with Crippen LogP contribution in [0.1, 0.15) is 29.5 Å². The Morgan fingerprint density at radius 2 is 1.55 bits per heavy atom. The molecular formula is C27H32N4O2. The number of rotatable bonds is 10. The second-order valence-electron chi connectivity index (χ2n) is 7.57. The van der Waals surface area contributed by atoms with E-state index in [9.17, 15) is 4.79 Å². The van der Waals surface area contributed by atoms with E-state index >= 15 is 0 Å². The Labute approximate surface area is 196 Å². The minimum absolute atomic E-state index is 0.00824. The number of nitrogens with one attached hydrogen (secondary N) is 3. The van der Waals surface area contributed by atoms with Crippen molar-refractivity contribution in [3.8, 4) is 5.75 Å². The lowest BCUT2D eigenvalue weighted by Crippen LogP contribution is -2.39. The molecule has 6 heteroatoms. The van der Waals surface area contributed by atoms with E-state index in [0.717, 1.165) is 11.5 Å². The molecule has 0 spiro atoms. The molecule has 0 aliphatic rings. The summed E-state index contributed by atoms with van der Waals surface area (Å²) >= 11 is 0. The Hall–Kier alpha value is -3.80. The van der Waals surface area contributed by atoms with Crippen LogP contribution in [0.4, 0.5) is 0 Å². The molecule has 3 aromatic rings. The van der Waals surface area contributed by atoms with Crippen LogP contribution in [-0.2, 0) is 11.3 Å². The fourth-order valence-corrected chi connectivity index (χ4v) is 3.55. The van der Waals surface area contributed by atoms with Gasteiger partial charge in [-0.3, -0.25) is 9.79 Å². The minimum Gasteiger partial charge on any atom is -0.484 e. The molecule has 6 nitrogen and oxygen atoms in total. The van der Waals surface area contributed by atoms with Gasteiger partial charge in [-0.05, 0) is 35.7 Å². The van der Waals surface area contributed by atoms with E-state index in [2.05, 4.69) is 69.5 Å². The Morgan fingerprint density at radius 1 is 0.879 bits per heavy atom. The summed E-state index contributed by atoms with van der Waals surface area (Å²) in [6.45, 7) is 3.78. The van der Waals surface area contributed by atoms with Crippen LogP contribution in [0.3, 0.4) is 0 Å². The molecule has 0 atom stereocenters. The number of nitrogens with zero attached hydrogens (tertiary/aromatic N) is 1. The predicted octanol–water partition coefficient (Wildman–Crippen LogP) is 3.70. The number of benzene rings is 3. The zero-order chi connectivity index (χ0) is 23.3. The third kappa shape index (κ3) is 7.68. The summed E-state index contributed by atoms with van der Waals surface area (Å²) in [7, 11) is 1.77. The van der Waals surface area contributed by atoms with Gasteiger partial charge in [-0.1, -0.05) is 72.8 Å². The van der Waals surface area contributed by atoms with Crippen molar-refractivity contribution in [1.82, 2.24) is 16.0 Å². The summed E-state index contributed by atoms with van der Waals surface area (Å²) in [6, 6.07) is 28.7. The first-order valence-corrected chi connectivity index (χ1v) is 11.2. The third-order valence-corrected chi connectivity index (χ3v) is 5.20. The first-order chi connectivity index (χ1) is 16.2. The lowest BCUT2D eigenvalue weighted by atomic mass is 9.91. The largest absolute Gasteiger partial charge is 0.484 e. The molecule has 3 N–H and O–H groups in total. The molecule has 3 rings (SSSR count). The minimum atomic E-state index is -0.128. The van der Waals surface area contributed by atoms with E-state index in [0.29, 0.717) is 25.4 Å². The van der Waals surface area contributed by atoms with Crippen molar-refractivity contribution in [2.75, 3.05) is 26.7 Å². The standard InChI is InChI=1S/C27H32N4O2/c1-3-29-26(32)20-33-24-16-10-11-21(17-24)18-30-27(28-2)31-19-25(22-12-6-4-7-13-22)23-14-8-5-9-15-23/h4-17,25H,3,18-20H2,1-2H3,(H,29,32)(H2,28,30,31). The van der Waals surface area contributed by atoms with Crippen LogP contribution in [0.25, 0.3) is 0 Å². The zero-order valence-electron chi connectivity index (χ0n) is 19.3. The van der Waals surface area contributed by atoms with Crippen molar-refractivity contribution in [3.05, 3.63) is 102 Å². The van der Waals surface area contributed by atoms with Gasteiger partial charge in [0.25, 0.3) is 5.91 Å². The molecule has 0 bridgehead atoms. The van der Waals surface area contributed by atoms with E-state index in [1.54, 1.807) is 7.05 Å². The molecular weight excluding hydrogens is 412 g/mol. The second-order valence-corrected chi connectivity index (χ2v) is 7.57. The maximum Gasteiger partial charge on any atom is 0.257 e. The van der Waals surface area contributed by atoms with Crippen molar-refractivity contribution >= 4 is 11.9 Å². The monoisotopic (exact) mass is 444 g/mol.